The first-order valence-electron chi connectivity index (χ1n) is 7.62. The van der Waals surface area contributed by atoms with E-state index in [4.69, 9.17) is 5.11 Å². The van der Waals surface area contributed by atoms with Gasteiger partial charge in [-0.05, 0) is 25.8 Å². The Morgan fingerprint density at radius 1 is 1.11 bits per heavy atom. The molecule has 0 rings (SSSR count). The fourth-order valence-electron chi connectivity index (χ4n) is 2.08. The molecule has 112 valence electrons. The van der Waals surface area contributed by atoms with Crippen molar-refractivity contribution in [3.8, 4) is 0 Å². The third-order valence-corrected chi connectivity index (χ3v) is 3.28. The first kappa shape index (κ1) is 18.1. The number of hydrogen-bond acceptors (Lipinski definition) is 3. The molecule has 0 aromatic rings. The summed E-state index contributed by atoms with van der Waals surface area (Å²) in [6.07, 6.45) is 11.1. The summed E-state index contributed by atoms with van der Waals surface area (Å²) in [5, 5.41) is 12.1. The highest BCUT2D eigenvalue weighted by molar-refractivity contribution is 5.73. The van der Waals surface area contributed by atoms with Gasteiger partial charge in [0, 0.05) is 6.42 Å². The molecule has 0 spiro atoms. The number of carbonyl (C=O) groups excluding carboxylic acids is 1. The van der Waals surface area contributed by atoms with Crippen molar-refractivity contribution in [2.24, 2.45) is 0 Å². The second kappa shape index (κ2) is 13.5. The van der Waals surface area contributed by atoms with Gasteiger partial charge in [-0.1, -0.05) is 45.4 Å². The minimum absolute atomic E-state index is 0.447. The summed E-state index contributed by atoms with van der Waals surface area (Å²) in [6.45, 7) is 2.96. The van der Waals surface area contributed by atoms with Crippen molar-refractivity contribution in [1.29, 1.82) is 0 Å². The molecular formula is C15H29NO3. The van der Waals surface area contributed by atoms with Gasteiger partial charge in [-0.25, -0.2) is 0 Å². The van der Waals surface area contributed by atoms with E-state index in [1.807, 2.05) is 0 Å². The highest BCUT2D eigenvalue weighted by atomic mass is 16.4. The maximum absolute atomic E-state index is 11.0. The third-order valence-electron chi connectivity index (χ3n) is 3.28. The second-order valence-electron chi connectivity index (χ2n) is 5.06. The maximum Gasteiger partial charge on any atom is 0.320 e. The number of unbranched alkanes of at least 4 members (excludes halogenated alkanes) is 7. The number of carbonyl (C=O) groups is 2. The van der Waals surface area contributed by atoms with Crippen LogP contribution in [0.1, 0.15) is 71.1 Å². The van der Waals surface area contributed by atoms with Crippen LogP contribution in [-0.2, 0) is 9.59 Å². The average Bonchev–Trinajstić information content (AvgIpc) is 2.39. The Kier molecular flexibility index (Phi) is 12.9. The molecule has 0 aliphatic heterocycles. The summed E-state index contributed by atoms with van der Waals surface area (Å²) in [7, 11) is 0. The molecule has 0 saturated carbocycles. The van der Waals surface area contributed by atoms with E-state index in [0.717, 1.165) is 25.7 Å². The van der Waals surface area contributed by atoms with Crippen molar-refractivity contribution in [2.75, 3.05) is 6.54 Å². The van der Waals surface area contributed by atoms with Crippen LogP contribution in [0.3, 0.4) is 0 Å². The molecule has 1 unspecified atom stereocenters. The molecule has 0 aliphatic carbocycles. The van der Waals surface area contributed by atoms with Crippen molar-refractivity contribution < 1.29 is 14.7 Å². The van der Waals surface area contributed by atoms with Gasteiger partial charge in [-0.15, -0.1) is 0 Å². The van der Waals surface area contributed by atoms with Crippen molar-refractivity contribution in [1.82, 2.24) is 5.32 Å². The lowest BCUT2D eigenvalue weighted by Crippen LogP contribution is -2.37. The van der Waals surface area contributed by atoms with Crippen LogP contribution in [0.25, 0.3) is 0 Å². The fourth-order valence-corrected chi connectivity index (χ4v) is 2.08. The average molecular weight is 271 g/mol. The predicted octanol–water partition coefficient (Wildman–Crippen LogP) is 3.15. The smallest absolute Gasteiger partial charge is 0.320 e. The number of aliphatic carboxylic acids is 1. The van der Waals surface area contributed by atoms with Crippen molar-refractivity contribution in [2.45, 2.75) is 77.2 Å². The zero-order chi connectivity index (χ0) is 14.3. The van der Waals surface area contributed by atoms with Crippen LogP contribution in [0.5, 0.6) is 0 Å². The van der Waals surface area contributed by atoms with Gasteiger partial charge in [-0.3, -0.25) is 4.79 Å². The Bertz CT molecular complexity index is 231. The van der Waals surface area contributed by atoms with E-state index in [9.17, 15) is 9.59 Å². The standard InChI is InChI=1S/C15H29NO3/c1-2-3-4-5-6-7-9-12-16-14(15(18)19)11-8-10-13-17/h13-14,16H,2-12H2,1H3,(H,18,19). The molecule has 0 radical (unpaired) electrons. The van der Waals surface area contributed by atoms with E-state index in [0.29, 0.717) is 19.3 Å². The molecule has 0 aliphatic rings. The summed E-state index contributed by atoms with van der Waals surface area (Å²) in [6, 6.07) is -0.500. The highest BCUT2D eigenvalue weighted by Gasteiger charge is 2.15. The zero-order valence-electron chi connectivity index (χ0n) is 12.2. The van der Waals surface area contributed by atoms with Gasteiger partial charge >= 0.3 is 5.97 Å². The first-order valence-corrected chi connectivity index (χ1v) is 7.62. The molecule has 0 aromatic carbocycles. The van der Waals surface area contributed by atoms with Crippen LogP contribution in [0.4, 0.5) is 0 Å². The molecule has 2 N–H and O–H groups in total. The number of hydrogen-bond donors (Lipinski definition) is 2. The van der Waals surface area contributed by atoms with Gasteiger partial charge in [0.1, 0.15) is 12.3 Å². The van der Waals surface area contributed by atoms with E-state index >= 15 is 0 Å². The molecule has 4 nitrogen and oxygen atoms in total. The van der Waals surface area contributed by atoms with Crippen molar-refractivity contribution in [3.63, 3.8) is 0 Å². The number of carboxylic acids is 1. The Hall–Kier alpha value is -0.900. The van der Waals surface area contributed by atoms with Gasteiger partial charge in [0.05, 0.1) is 0 Å². The summed E-state index contributed by atoms with van der Waals surface area (Å²) in [5.41, 5.74) is 0. The fraction of sp³-hybridized carbons (Fsp3) is 0.867. The lowest BCUT2D eigenvalue weighted by molar-refractivity contribution is -0.139. The third kappa shape index (κ3) is 11.9. The molecule has 0 saturated heterocycles. The molecule has 1 atom stereocenters. The summed E-state index contributed by atoms with van der Waals surface area (Å²) in [5.74, 6) is -0.811. The number of nitrogens with one attached hydrogen (secondary N) is 1. The van der Waals surface area contributed by atoms with Crippen LogP contribution >= 0.6 is 0 Å². The van der Waals surface area contributed by atoms with E-state index in [1.165, 1.54) is 32.1 Å². The number of rotatable bonds is 14. The topological polar surface area (TPSA) is 66.4 Å². The van der Waals surface area contributed by atoms with Crippen LogP contribution in [-0.4, -0.2) is 29.9 Å². The molecule has 0 aromatic heterocycles. The van der Waals surface area contributed by atoms with Gasteiger partial charge in [0.25, 0.3) is 0 Å². The van der Waals surface area contributed by atoms with Crippen LogP contribution in [0, 0.1) is 0 Å². The molecule has 0 heterocycles. The maximum atomic E-state index is 11.0. The quantitative estimate of drug-likeness (QED) is 0.376. The lowest BCUT2D eigenvalue weighted by atomic mass is 10.1. The van der Waals surface area contributed by atoms with Gasteiger partial charge < -0.3 is 15.2 Å². The van der Waals surface area contributed by atoms with E-state index < -0.39 is 12.0 Å². The van der Waals surface area contributed by atoms with Crippen LogP contribution < -0.4 is 5.32 Å². The van der Waals surface area contributed by atoms with Crippen molar-refractivity contribution >= 4 is 12.3 Å². The minimum Gasteiger partial charge on any atom is -0.480 e. The number of aldehydes is 1. The predicted molar refractivity (Wildman–Crippen MR) is 77.3 cm³/mol. The van der Waals surface area contributed by atoms with E-state index in [1.54, 1.807) is 0 Å². The number of carboxylic acid groups (broad SMARTS) is 1. The Labute approximate surface area is 117 Å². The van der Waals surface area contributed by atoms with Crippen LogP contribution in [0.15, 0.2) is 0 Å². The molecule has 0 bridgehead atoms. The minimum atomic E-state index is -0.811. The molecule has 19 heavy (non-hydrogen) atoms. The SMILES string of the molecule is CCCCCCCCCNC(CCCC=O)C(=O)O. The van der Waals surface area contributed by atoms with E-state index in [2.05, 4.69) is 12.2 Å². The monoisotopic (exact) mass is 271 g/mol. The van der Waals surface area contributed by atoms with Gasteiger partial charge in [0.2, 0.25) is 0 Å². The lowest BCUT2D eigenvalue weighted by Gasteiger charge is -2.13. The Balaban J connectivity index is 3.48. The summed E-state index contributed by atoms with van der Waals surface area (Å²) < 4.78 is 0. The highest BCUT2D eigenvalue weighted by Crippen LogP contribution is 2.07. The normalized spacial score (nSPS) is 12.3. The van der Waals surface area contributed by atoms with Crippen molar-refractivity contribution in [3.05, 3.63) is 0 Å². The van der Waals surface area contributed by atoms with Gasteiger partial charge in [0.15, 0.2) is 0 Å². The molecule has 0 fully saturated rings. The Morgan fingerprint density at radius 3 is 2.32 bits per heavy atom. The second-order valence-corrected chi connectivity index (χ2v) is 5.06. The molecule has 0 amide bonds. The molecular weight excluding hydrogens is 242 g/mol. The molecule has 4 heteroatoms. The Morgan fingerprint density at radius 2 is 1.74 bits per heavy atom. The summed E-state index contributed by atoms with van der Waals surface area (Å²) in [4.78, 5) is 21.2. The largest absolute Gasteiger partial charge is 0.480 e. The van der Waals surface area contributed by atoms with Crippen LogP contribution in [0.2, 0.25) is 0 Å². The van der Waals surface area contributed by atoms with E-state index in [-0.39, 0.29) is 0 Å². The van der Waals surface area contributed by atoms with Gasteiger partial charge in [-0.2, -0.15) is 0 Å². The zero-order valence-corrected chi connectivity index (χ0v) is 12.2. The summed E-state index contributed by atoms with van der Waals surface area (Å²) >= 11 is 0. The first-order chi connectivity index (χ1) is 9.22.